The highest BCUT2D eigenvalue weighted by molar-refractivity contribution is 5.97. The molecule has 0 spiro atoms. The first-order valence-electron chi connectivity index (χ1n) is 8.31. The zero-order valence-electron chi connectivity index (χ0n) is 14.3. The third kappa shape index (κ3) is 4.05. The molecule has 1 fully saturated rings. The second-order valence-electron chi connectivity index (χ2n) is 6.45. The van der Waals surface area contributed by atoms with Crippen molar-refractivity contribution in [3.8, 4) is 0 Å². The van der Waals surface area contributed by atoms with Crippen molar-refractivity contribution in [2.24, 2.45) is 5.92 Å². The number of nitro benzene ring substituents is 1. The highest BCUT2D eigenvalue weighted by Crippen LogP contribution is 2.23. The fraction of sp³-hybridized carbons (Fsp3) is 0.263. The van der Waals surface area contributed by atoms with Gasteiger partial charge in [-0.3, -0.25) is 19.7 Å². The van der Waals surface area contributed by atoms with Crippen LogP contribution in [-0.4, -0.2) is 28.2 Å². The normalized spacial score (nSPS) is 16.6. The lowest BCUT2D eigenvalue weighted by Crippen LogP contribution is -2.28. The van der Waals surface area contributed by atoms with Gasteiger partial charge in [-0.25, -0.2) is 0 Å². The van der Waals surface area contributed by atoms with Crippen molar-refractivity contribution >= 4 is 23.2 Å². The summed E-state index contributed by atoms with van der Waals surface area (Å²) in [4.78, 5) is 36.5. The molecule has 2 amide bonds. The molecular formula is C19H19N3O4. The van der Waals surface area contributed by atoms with Crippen LogP contribution in [0.1, 0.15) is 17.5 Å². The minimum atomic E-state index is -0.496. The predicted octanol–water partition coefficient (Wildman–Crippen LogP) is 2.89. The first-order valence-corrected chi connectivity index (χ1v) is 8.31. The van der Waals surface area contributed by atoms with Gasteiger partial charge in [0.15, 0.2) is 0 Å². The summed E-state index contributed by atoms with van der Waals surface area (Å²) in [5, 5.41) is 13.4. The van der Waals surface area contributed by atoms with Crippen LogP contribution in [0.3, 0.4) is 0 Å². The number of benzene rings is 2. The van der Waals surface area contributed by atoms with Gasteiger partial charge in [0.2, 0.25) is 11.8 Å². The summed E-state index contributed by atoms with van der Waals surface area (Å²) in [5.41, 5.74) is 2.62. The number of likely N-dealkylation sites (tertiary alicyclic amines) is 1. The molecule has 0 aliphatic carbocycles. The minimum Gasteiger partial charge on any atom is -0.338 e. The molecule has 2 aromatic carbocycles. The van der Waals surface area contributed by atoms with E-state index in [2.05, 4.69) is 5.32 Å². The number of rotatable bonds is 5. The lowest BCUT2D eigenvalue weighted by Gasteiger charge is -2.17. The summed E-state index contributed by atoms with van der Waals surface area (Å²) in [6.07, 6.45) is 0.171. The number of aryl methyl sites for hydroxylation is 1. The SMILES string of the molecule is Cc1ccc(CN2CC(C(=O)Nc3ccc([N+](=O)[O-])cc3)CC2=O)cc1. The molecule has 1 aliphatic rings. The van der Waals surface area contributed by atoms with Crippen LogP contribution in [0.4, 0.5) is 11.4 Å². The second kappa shape index (κ2) is 7.35. The van der Waals surface area contributed by atoms with E-state index in [9.17, 15) is 19.7 Å². The molecule has 2 aromatic rings. The Bertz CT molecular complexity index is 831. The Morgan fingerprint density at radius 3 is 2.46 bits per heavy atom. The number of carbonyl (C=O) groups excluding carboxylic acids is 2. The van der Waals surface area contributed by atoms with Crippen LogP contribution in [0, 0.1) is 23.0 Å². The number of carbonyl (C=O) groups is 2. The molecule has 1 atom stereocenters. The quantitative estimate of drug-likeness (QED) is 0.661. The van der Waals surface area contributed by atoms with Crippen LogP contribution in [0.2, 0.25) is 0 Å². The molecule has 0 bridgehead atoms. The van der Waals surface area contributed by atoms with Crippen LogP contribution in [0.15, 0.2) is 48.5 Å². The second-order valence-corrected chi connectivity index (χ2v) is 6.45. The Hall–Kier alpha value is -3.22. The van der Waals surface area contributed by atoms with Crippen LogP contribution in [-0.2, 0) is 16.1 Å². The predicted molar refractivity (Wildman–Crippen MR) is 96.4 cm³/mol. The van der Waals surface area contributed by atoms with Gasteiger partial charge in [0.25, 0.3) is 5.69 Å². The standard InChI is InChI=1S/C19H19N3O4/c1-13-2-4-14(5-3-13)11-21-12-15(10-18(21)23)19(24)20-16-6-8-17(9-7-16)22(25)26/h2-9,15H,10-12H2,1H3,(H,20,24). The van der Waals surface area contributed by atoms with Gasteiger partial charge < -0.3 is 10.2 Å². The highest BCUT2D eigenvalue weighted by atomic mass is 16.6. The molecule has 1 heterocycles. The lowest BCUT2D eigenvalue weighted by atomic mass is 10.1. The first-order chi connectivity index (χ1) is 12.4. The number of amides is 2. The molecule has 7 heteroatoms. The molecule has 1 unspecified atom stereocenters. The van der Waals surface area contributed by atoms with Crippen molar-refractivity contribution in [3.63, 3.8) is 0 Å². The zero-order chi connectivity index (χ0) is 18.7. The maximum atomic E-state index is 12.4. The van der Waals surface area contributed by atoms with Crippen molar-refractivity contribution in [1.29, 1.82) is 0 Å². The largest absolute Gasteiger partial charge is 0.338 e. The smallest absolute Gasteiger partial charge is 0.269 e. The van der Waals surface area contributed by atoms with E-state index in [0.717, 1.165) is 11.1 Å². The average molecular weight is 353 g/mol. The number of nitrogens with zero attached hydrogens (tertiary/aromatic N) is 2. The zero-order valence-corrected chi connectivity index (χ0v) is 14.3. The van der Waals surface area contributed by atoms with E-state index < -0.39 is 10.8 Å². The van der Waals surface area contributed by atoms with E-state index in [0.29, 0.717) is 18.8 Å². The Morgan fingerprint density at radius 2 is 1.85 bits per heavy atom. The Balaban J connectivity index is 1.59. The molecule has 7 nitrogen and oxygen atoms in total. The summed E-state index contributed by atoms with van der Waals surface area (Å²) >= 11 is 0. The molecular weight excluding hydrogens is 334 g/mol. The fourth-order valence-electron chi connectivity index (χ4n) is 2.93. The molecule has 1 aliphatic heterocycles. The van der Waals surface area contributed by atoms with Crippen LogP contribution in [0.5, 0.6) is 0 Å². The van der Waals surface area contributed by atoms with Gasteiger partial charge >= 0.3 is 0 Å². The summed E-state index contributed by atoms with van der Waals surface area (Å²) in [5.74, 6) is -0.726. The molecule has 26 heavy (non-hydrogen) atoms. The molecule has 0 radical (unpaired) electrons. The molecule has 0 aromatic heterocycles. The minimum absolute atomic E-state index is 0.0386. The summed E-state index contributed by atoms with van der Waals surface area (Å²) in [7, 11) is 0. The number of hydrogen-bond donors (Lipinski definition) is 1. The van der Waals surface area contributed by atoms with Crippen molar-refractivity contribution in [1.82, 2.24) is 4.90 Å². The molecule has 1 N–H and O–H groups in total. The van der Waals surface area contributed by atoms with Gasteiger partial charge in [-0.1, -0.05) is 29.8 Å². The van der Waals surface area contributed by atoms with Crippen molar-refractivity contribution in [2.75, 3.05) is 11.9 Å². The molecule has 3 rings (SSSR count). The van der Waals surface area contributed by atoms with E-state index >= 15 is 0 Å². The molecule has 1 saturated heterocycles. The van der Waals surface area contributed by atoms with Crippen molar-refractivity contribution < 1.29 is 14.5 Å². The fourth-order valence-corrected chi connectivity index (χ4v) is 2.93. The number of anilines is 1. The molecule has 0 saturated carbocycles. The van der Waals surface area contributed by atoms with E-state index in [-0.39, 0.29) is 23.9 Å². The molecule has 134 valence electrons. The summed E-state index contributed by atoms with van der Waals surface area (Å²) in [6.45, 7) is 2.86. The number of non-ortho nitro benzene ring substituents is 1. The lowest BCUT2D eigenvalue weighted by molar-refractivity contribution is -0.384. The van der Waals surface area contributed by atoms with E-state index in [4.69, 9.17) is 0 Å². The third-order valence-corrected chi connectivity index (χ3v) is 4.42. The van der Waals surface area contributed by atoms with Gasteiger partial charge in [-0.2, -0.15) is 0 Å². The van der Waals surface area contributed by atoms with Gasteiger partial charge in [0.05, 0.1) is 10.8 Å². The third-order valence-electron chi connectivity index (χ3n) is 4.42. The van der Waals surface area contributed by atoms with Gasteiger partial charge in [-0.05, 0) is 24.6 Å². The van der Waals surface area contributed by atoms with E-state index in [1.54, 1.807) is 4.90 Å². The Kier molecular flexibility index (Phi) is 4.97. The average Bonchev–Trinajstić information content (AvgIpc) is 2.98. The summed E-state index contributed by atoms with van der Waals surface area (Å²) in [6, 6.07) is 13.6. The Labute approximate surface area is 150 Å². The highest BCUT2D eigenvalue weighted by Gasteiger charge is 2.34. The maximum absolute atomic E-state index is 12.4. The van der Waals surface area contributed by atoms with Crippen LogP contribution < -0.4 is 5.32 Å². The van der Waals surface area contributed by atoms with Crippen LogP contribution in [0.25, 0.3) is 0 Å². The van der Waals surface area contributed by atoms with Gasteiger partial charge in [0, 0.05) is 37.3 Å². The van der Waals surface area contributed by atoms with E-state index in [1.807, 2.05) is 31.2 Å². The van der Waals surface area contributed by atoms with Gasteiger partial charge in [0.1, 0.15) is 0 Å². The van der Waals surface area contributed by atoms with Gasteiger partial charge in [-0.15, -0.1) is 0 Å². The topological polar surface area (TPSA) is 92.6 Å². The maximum Gasteiger partial charge on any atom is 0.269 e. The first kappa shape index (κ1) is 17.6. The monoisotopic (exact) mass is 353 g/mol. The number of nitro groups is 1. The van der Waals surface area contributed by atoms with Crippen LogP contribution >= 0.6 is 0 Å². The number of nitrogens with one attached hydrogen (secondary N) is 1. The van der Waals surface area contributed by atoms with Crippen molar-refractivity contribution in [3.05, 3.63) is 69.8 Å². The van der Waals surface area contributed by atoms with Crippen molar-refractivity contribution in [2.45, 2.75) is 19.9 Å². The number of hydrogen-bond acceptors (Lipinski definition) is 4. The summed E-state index contributed by atoms with van der Waals surface area (Å²) < 4.78 is 0. The van der Waals surface area contributed by atoms with E-state index in [1.165, 1.54) is 24.3 Å². The Morgan fingerprint density at radius 1 is 1.19 bits per heavy atom.